The van der Waals surface area contributed by atoms with Crippen molar-refractivity contribution in [1.82, 2.24) is 10.6 Å². The summed E-state index contributed by atoms with van der Waals surface area (Å²) in [5.41, 5.74) is 1.36. The molecule has 222 valence electrons. The molecule has 0 heterocycles. The Morgan fingerprint density at radius 3 is 1.76 bits per heavy atom. The lowest BCUT2D eigenvalue weighted by molar-refractivity contribution is -0.147. The van der Waals surface area contributed by atoms with E-state index in [1.165, 1.54) is 0 Å². The quantitative estimate of drug-likeness (QED) is 0.222. The first-order chi connectivity index (χ1) is 20.1. The SMILES string of the molecule is CC(C)(C)OC(=O)N[C@H](CC(=O)OCc1ccccc1)C(=O)N[C@H](COC(=O)OCc1ccccc1)c1ccccc1. The van der Waals surface area contributed by atoms with Crippen LogP contribution in [-0.2, 0) is 41.8 Å². The summed E-state index contributed by atoms with van der Waals surface area (Å²) in [6, 6.07) is 24.8. The first-order valence-corrected chi connectivity index (χ1v) is 13.5. The smallest absolute Gasteiger partial charge is 0.461 e. The summed E-state index contributed by atoms with van der Waals surface area (Å²) >= 11 is 0. The van der Waals surface area contributed by atoms with Crippen molar-refractivity contribution < 1.29 is 38.1 Å². The van der Waals surface area contributed by atoms with Crippen LogP contribution in [0.15, 0.2) is 91.0 Å². The molecule has 0 spiro atoms. The lowest BCUT2D eigenvalue weighted by Crippen LogP contribution is -2.50. The molecule has 2 amide bonds. The van der Waals surface area contributed by atoms with Crippen LogP contribution in [0.2, 0.25) is 0 Å². The van der Waals surface area contributed by atoms with E-state index in [9.17, 15) is 19.2 Å². The molecule has 0 aromatic heterocycles. The average Bonchev–Trinajstić information content (AvgIpc) is 2.97. The normalized spacial score (nSPS) is 12.3. The monoisotopic (exact) mass is 576 g/mol. The molecule has 0 aliphatic rings. The fourth-order valence-electron chi connectivity index (χ4n) is 3.71. The predicted molar refractivity (Wildman–Crippen MR) is 154 cm³/mol. The number of carbonyl (C=O) groups is 4. The van der Waals surface area contributed by atoms with E-state index in [0.717, 1.165) is 11.1 Å². The number of alkyl carbamates (subject to hydrolysis) is 1. The summed E-state index contributed by atoms with van der Waals surface area (Å²) < 4.78 is 21.1. The van der Waals surface area contributed by atoms with Gasteiger partial charge < -0.3 is 29.6 Å². The number of carbonyl (C=O) groups excluding carboxylic acids is 4. The standard InChI is InChI=1S/C32H36N2O8/c1-32(2,3)42-30(37)34-26(19-28(35)39-20-23-13-7-4-8-14-23)29(36)33-27(25-17-11-6-12-18-25)22-41-31(38)40-21-24-15-9-5-10-16-24/h4-18,26-27H,19-22H2,1-3H3,(H,33,36)(H,34,37)/t26-,27-/m1/s1. The molecule has 0 bridgehead atoms. The zero-order chi connectivity index (χ0) is 30.4. The number of ether oxygens (including phenoxy) is 4. The Bertz CT molecular complexity index is 1290. The summed E-state index contributed by atoms with van der Waals surface area (Å²) in [5, 5.41) is 5.22. The number of esters is 1. The topological polar surface area (TPSA) is 129 Å². The van der Waals surface area contributed by atoms with Crippen molar-refractivity contribution in [2.24, 2.45) is 0 Å². The maximum atomic E-state index is 13.4. The van der Waals surface area contributed by atoms with Gasteiger partial charge in [-0.15, -0.1) is 0 Å². The molecule has 0 aliphatic heterocycles. The second-order valence-electron chi connectivity index (χ2n) is 10.4. The maximum Gasteiger partial charge on any atom is 0.508 e. The van der Waals surface area contributed by atoms with Gasteiger partial charge in [0.15, 0.2) is 0 Å². The molecule has 0 aliphatic carbocycles. The molecule has 10 heteroatoms. The third kappa shape index (κ3) is 11.7. The third-order valence-corrected chi connectivity index (χ3v) is 5.71. The molecule has 0 fully saturated rings. The molecule has 0 saturated heterocycles. The summed E-state index contributed by atoms with van der Waals surface area (Å²) in [6.45, 7) is 4.79. The molecule has 0 unspecified atom stereocenters. The van der Waals surface area contributed by atoms with Crippen molar-refractivity contribution >= 4 is 24.1 Å². The van der Waals surface area contributed by atoms with Gasteiger partial charge >= 0.3 is 18.2 Å². The number of amides is 2. The molecular formula is C32H36N2O8. The van der Waals surface area contributed by atoms with E-state index in [2.05, 4.69) is 10.6 Å². The zero-order valence-electron chi connectivity index (χ0n) is 23.9. The molecule has 0 saturated carbocycles. The second kappa shape index (κ2) is 15.8. The minimum Gasteiger partial charge on any atom is -0.461 e. The van der Waals surface area contributed by atoms with Crippen LogP contribution in [0.5, 0.6) is 0 Å². The number of hydrogen-bond donors (Lipinski definition) is 2. The van der Waals surface area contributed by atoms with E-state index in [0.29, 0.717) is 5.56 Å². The first-order valence-electron chi connectivity index (χ1n) is 13.5. The Morgan fingerprint density at radius 2 is 1.21 bits per heavy atom. The molecule has 3 aromatic rings. The number of nitrogens with one attached hydrogen (secondary N) is 2. The highest BCUT2D eigenvalue weighted by Crippen LogP contribution is 2.15. The lowest BCUT2D eigenvalue weighted by Gasteiger charge is -2.25. The largest absolute Gasteiger partial charge is 0.508 e. The fourth-order valence-corrected chi connectivity index (χ4v) is 3.71. The van der Waals surface area contributed by atoms with Gasteiger partial charge in [-0.3, -0.25) is 9.59 Å². The van der Waals surface area contributed by atoms with Gasteiger partial charge in [0.2, 0.25) is 5.91 Å². The van der Waals surface area contributed by atoms with Crippen LogP contribution < -0.4 is 10.6 Å². The van der Waals surface area contributed by atoms with E-state index >= 15 is 0 Å². The Kier molecular flexibility index (Phi) is 11.9. The van der Waals surface area contributed by atoms with Crippen molar-refractivity contribution in [1.29, 1.82) is 0 Å². The van der Waals surface area contributed by atoms with Gasteiger partial charge in [0, 0.05) is 0 Å². The Morgan fingerprint density at radius 1 is 0.690 bits per heavy atom. The van der Waals surface area contributed by atoms with E-state index in [1.807, 2.05) is 48.5 Å². The maximum absolute atomic E-state index is 13.4. The van der Waals surface area contributed by atoms with Gasteiger partial charge in [-0.1, -0.05) is 91.0 Å². The van der Waals surface area contributed by atoms with Crippen LogP contribution in [0.25, 0.3) is 0 Å². The van der Waals surface area contributed by atoms with E-state index in [4.69, 9.17) is 18.9 Å². The van der Waals surface area contributed by atoms with E-state index < -0.39 is 48.2 Å². The van der Waals surface area contributed by atoms with Crippen LogP contribution in [0.4, 0.5) is 9.59 Å². The van der Waals surface area contributed by atoms with Crippen molar-refractivity contribution in [2.75, 3.05) is 6.61 Å². The number of rotatable bonds is 12. The second-order valence-corrected chi connectivity index (χ2v) is 10.4. The highest BCUT2D eigenvalue weighted by atomic mass is 16.7. The Balaban J connectivity index is 1.67. The summed E-state index contributed by atoms with van der Waals surface area (Å²) in [7, 11) is 0. The van der Waals surface area contributed by atoms with Crippen molar-refractivity contribution in [3.8, 4) is 0 Å². The molecule has 42 heavy (non-hydrogen) atoms. The molecule has 3 aromatic carbocycles. The number of benzene rings is 3. The van der Waals surface area contributed by atoms with Crippen molar-refractivity contribution in [2.45, 2.75) is 58.1 Å². The van der Waals surface area contributed by atoms with E-state index in [-0.39, 0.29) is 19.8 Å². The van der Waals surface area contributed by atoms with Crippen molar-refractivity contribution in [3.05, 3.63) is 108 Å². The lowest BCUT2D eigenvalue weighted by atomic mass is 10.1. The Hall–Kier alpha value is -4.86. The molecule has 3 rings (SSSR count). The van der Waals surface area contributed by atoms with Gasteiger partial charge in [0.1, 0.15) is 31.5 Å². The highest BCUT2D eigenvalue weighted by Gasteiger charge is 2.29. The van der Waals surface area contributed by atoms with Crippen LogP contribution in [-0.4, -0.2) is 42.4 Å². The van der Waals surface area contributed by atoms with E-state index in [1.54, 1.807) is 63.2 Å². The van der Waals surface area contributed by atoms with Crippen molar-refractivity contribution in [3.63, 3.8) is 0 Å². The van der Waals surface area contributed by atoms with Crippen LogP contribution in [0.1, 0.15) is 49.9 Å². The predicted octanol–water partition coefficient (Wildman–Crippen LogP) is 5.22. The van der Waals surface area contributed by atoms with Gasteiger partial charge in [0.05, 0.1) is 12.5 Å². The van der Waals surface area contributed by atoms with Crippen LogP contribution in [0.3, 0.4) is 0 Å². The minimum atomic E-state index is -1.33. The van der Waals surface area contributed by atoms with Gasteiger partial charge in [-0.25, -0.2) is 9.59 Å². The third-order valence-electron chi connectivity index (χ3n) is 5.71. The number of hydrogen-bond acceptors (Lipinski definition) is 8. The minimum absolute atomic E-state index is 0.00598. The average molecular weight is 577 g/mol. The molecule has 10 nitrogen and oxygen atoms in total. The molecular weight excluding hydrogens is 540 g/mol. The summed E-state index contributed by atoms with van der Waals surface area (Å²) in [6.07, 6.45) is -2.25. The first kappa shape index (κ1) is 31.7. The van der Waals surface area contributed by atoms with Gasteiger partial charge in [-0.2, -0.15) is 0 Å². The highest BCUT2D eigenvalue weighted by molar-refractivity contribution is 5.90. The summed E-state index contributed by atoms with van der Waals surface area (Å²) in [4.78, 5) is 50.9. The van der Waals surface area contributed by atoms with Gasteiger partial charge in [-0.05, 0) is 37.5 Å². The van der Waals surface area contributed by atoms with Gasteiger partial charge in [0.25, 0.3) is 0 Å². The Labute approximate surface area is 245 Å². The zero-order valence-corrected chi connectivity index (χ0v) is 23.9. The molecule has 0 radical (unpaired) electrons. The van der Waals surface area contributed by atoms with Crippen LogP contribution in [0, 0.1) is 0 Å². The summed E-state index contributed by atoms with van der Waals surface area (Å²) in [5.74, 6) is -1.40. The fraction of sp³-hybridized carbons (Fsp3) is 0.312. The molecule has 2 atom stereocenters. The van der Waals surface area contributed by atoms with Crippen LogP contribution >= 0.6 is 0 Å². The molecule has 2 N–H and O–H groups in total.